The van der Waals surface area contributed by atoms with Gasteiger partial charge in [-0.15, -0.1) is 11.3 Å². The van der Waals surface area contributed by atoms with Crippen molar-refractivity contribution in [3.8, 4) is 0 Å². The number of aromatic nitrogens is 1. The Morgan fingerprint density at radius 1 is 1.20 bits per heavy atom. The lowest BCUT2D eigenvalue weighted by atomic mass is 10.1. The Hall–Kier alpha value is -0.450. The van der Waals surface area contributed by atoms with Gasteiger partial charge in [-0.05, 0) is 32.0 Å². The van der Waals surface area contributed by atoms with Crippen LogP contribution < -0.4 is 5.32 Å². The van der Waals surface area contributed by atoms with Crippen LogP contribution in [0.3, 0.4) is 0 Å². The summed E-state index contributed by atoms with van der Waals surface area (Å²) in [6.07, 6.45) is 2.27. The molecule has 1 N–H and O–H groups in total. The second-order valence-electron chi connectivity index (χ2n) is 5.52. The predicted molar refractivity (Wildman–Crippen MR) is 89.7 cm³/mol. The molecule has 1 aromatic heterocycles. The Bertz CT molecular complexity index is 370. The number of hydrogen-bond donors (Lipinski definition) is 1. The molecule has 4 heteroatoms. The second kappa shape index (κ2) is 9.48. The van der Waals surface area contributed by atoms with Crippen LogP contribution in [0.2, 0.25) is 0 Å². The van der Waals surface area contributed by atoms with Crippen LogP contribution in [0.15, 0.2) is 0 Å². The monoisotopic (exact) mass is 297 g/mol. The van der Waals surface area contributed by atoms with Gasteiger partial charge < -0.3 is 10.2 Å². The third-order valence-corrected chi connectivity index (χ3v) is 4.70. The van der Waals surface area contributed by atoms with E-state index in [0.29, 0.717) is 5.92 Å². The molecule has 116 valence electrons. The molecule has 0 atom stereocenters. The number of hydrogen-bond acceptors (Lipinski definition) is 4. The minimum atomic E-state index is 0.520. The van der Waals surface area contributed by atoms with Gasteiger partial charge in [0.25, 0.3) is 0 Å². The normalized spacial score (nSPS) is 11.8. The number of nitrogens with zero attached hydrogens (tertiary/aromatic N) is 2. The smallest absolute Gasteiger partial charge is 0.0944 e. The molecule has 3 nitrogen and oxygen atoms in total. The number of thiazole rings is 1. The van der Waals surface area contributed by atoms with Gasteiger partial charge in [-0.1, -0.05) is 34.6 Å². The molecule has 1 rings (SSSR count). The zero-order valence-corrected chi connectivity index (χ0v) is 14.6. The van der Waals surface area contributed by atoms with Gasteiger partial charge in [0.05, 0.1) is 10.7 Å². The summed E-state index contributed by atoms with van der Waals surface area (Å²) >= 11 is 1.90. The van der Waals surface area contributed by atoms with E-state index in [4.69, 9.17) is 4.98 Å². The maximum Gasteiger partial charge on any atom is 0.0944 e. The first-order valence-electron chi connectivity index (χ1n) is 8.03. The molecule has 0 saturated heterocycles. The Morgan fingerprint density at radius 3 is 2.45 bits per heavy atom. The van der Waals surface area contributed by atoms with E-state index in [2.05, 4.69) is 44.8 Å². The quantitative estimate of drug-likeness (QED) is 0.668. The van der Waals surface area contributed by atoms with E-state index in [-0.39, 0.29) is 0 Å². The first-order valence-corrected chi connectivity index (χ1v) is 8.85. The summed E-state index contributed by atoms with van der Waals surface area (Å²) in [6.45, 7) is 16.6. The molecular weight excluding hydrogens is 266 g/mol. The zero-order valence-electron chi connectivity index (χ0n) is 13.8. The fraction of sp³-hybridized carbons (Fsp3) is 0.812. The van der Waals surface area contributed by atoms with Crippen molar-refractivity contribution in [1.82, 2.24) is 15.2 Å². The molecular formula is C16H31N3S. The molecule has 0 saturated carbocycles. The van der Waals surface area contributed by atoms with Crippen LogP contribution in [0.4, 0.5) is 0 Å². The van der Waals surface area contributed by atoms with E-state index in [9.17, 15) is 0 Å². The molecule has 1 heterocycles. The zero-order chi connectivity index (χ0) is 15.0. The molecule has 0 unspecified atom stereocenters. The van der Waals surface area contributed by atoms with Crippen LogP contribution in [0.25, 0.3) is 0 Å². The van der Waals surface area contributed by atoms with Crippen molar-refractivity contribution >= 4 is 11.3 Å². The highest BCUT2D eigenvalue weighted by atomic mass is 32.1. The van der Waals surface area contributed by atoms with Crippen molar-refractivity contribution in [1.29, 1.82) is 0 Å². The summed E-state index contributed by atoms with van der Waals surface area (Å²) in [5.41, 5.74) is 1.30. The molecule has 0 aliphatic carbocycles. The number of rotatable bonds is 10. The van der Waals surface area contributed by atoms with Crippen LogP contribution in [0.5, 0.6) is 0 Å². The maximum atomic E-state index is 4.88. The second-order valence-corrected chi connectivity index (χ2v) is 6.69. The van der Waals surface area contributed by atoms with Gasteiger partial charge in [-0.25, -0.2) is 4.98 Å². The lowest BCUT2D eigenvalue weighted by molar-refractivity contribution is 0.308. The third-order valence-electron chi connectivity index (χ3n) is 3.57. The van der Waals surface area contributed by atoms with Crippen molar-refractivity contribution < 1.29 is 0 Å². The topological polar surface area (TPSA) is 28.2 Å². The van der Waals surface area contributed by atoms with E-state index >= 15 is 0 Å². The summed E-state index contributed by atoms with van der Waals surface area (Å²) in [5, 5.41) is 4.81. The van der Waals surface area contributed by atoms with E-state index in [1.54, 1.807) is 0 Å². The molecule has 0 amide bonds. The van der Waals surface area contributed by atoms with Crippen molar-refractivity contribution in [3.63, 3.8) is 0 Å². The SMILES string of the molecule is CCCNCc1sc(CCN(CC)CC)nc1C(C)C. The van der Waals surface area contributed by atoms with Gasteiger partial charge in [-0.3, -0.25) is 0 Å². The molecule has 0 radical (unpaired) electrons. The van der Waals surface area contributed by atoms with Crippen molar-refractivity contribution in [3.05, 3.63) is 15.6 Å². The van der Waals surface area contributed by atoms with E-state index in [1.807, 2.05) is 11.3 Å². The lowest BCUT2D eigenvalue weighted by Crippen LogP contribution is -2.25. The highest BCUT2D eigenvalue weighted by Crippen LogP contribution is 2.25. The number of nitrogens with one attached hydrogen (secondary N) is 1. The number of likely N-dealkylation sites (N-methyl/N-ethyl adjacent to an activating group) is 1. The minimum absolute atomic E-state index is 0.520. The minimum Gasteiger partial charge on any atom is -0.312 e. The van der Waals surface area contributed by atoms with Gasteiger partial charge in [0.2, 0.25) is 0 Å². The van der Waals surface area contributed by atoms with Gasteiger partial charge in [0.1, 0.15) is 0 Å². The summed E-state index contributed by atoms with van der Waals surface area (Å²) in [5.74, 6) is 0.520. The van der Waals surface area contributed by atoms with Crippen LogP contribution in [0.1, 0.15) is 62.5 Å². The lowest BCUT2D eigenvalue weighted by Gasteiger charge is -2.16. The molecule has 0 fully saturated rings. The van der Waals surface area contributed by atoms with Crippen LogP contribution in [-0.2, 0) is 13.0 Å². The molecule has 20 heavy (non-hydrogen) atoms. The molecule has 0 bridgehead atoms. The summed E-state index contributed by atoms with van der Waals surface area (Å²) in [4.78, 5) is 8.78. The van der Waals surface area contributed by atoms with Gasteiger partial charge in [0.15, 0.2) is 0 Å². The summed E-state index contributed by atoms with van der Waals surface area (Å²) in [7, 11) is 0. The van der Waals surface area contributed by atoms with Crippen LogP contribution >= 0.6 is 11.3 Å². The van der Waals surface area contributed by atoms with Gasteiger partial charge in [-0.2, -0.15) is 0 Å². The highest BCUT2D eigenvalue weighted by molar-refractivity contribution is 7.11. The van der Waals surface area contributed by atoms with E-state index in [1.165, 1.54) is 22.0 Å². The van der Waals surface area contributed by atoms with Crippen molar-refractivity contribution in [2.75, 3.05) is 26.2 Å². The van der Waals surface area contributed by atoms with Crippen molar-refractivity contribution in [2.45, 2.75) is 59.9 Å². The van der Waals surface area contributed by atoms with Crippen molar-refractivity contribution in [2.24, 2.45) is 0 Å². The first-order chi connectivity index (χ1) is 9.62. The Labute approximate surface area is 128 Å². The molecule has 0 aromatic carbocycles. The fourth-order valence-corrected chi connectivity index (χ4v) is 3.45. The summed E-state index contributed by atoms with van der Waals surface area (Å²) in [6, 6.07) is 0. The van der Waals surface area contributed by atoms with Gasteiger partial charge >= 0.3 is 0 Å². The van der Waals surface area contributed by atoms with E-state index in [0.717, 1.165) is 39.1 Å². The first kappa shape index (κ1) is 17.6. The van der Waals surface area contributed by atoms with E-state index < -0.39 is 0 Å². The summed E-state index contributed by atoms with van der Waals surface area (Å²) < 4.78 is 0. The third kappa shape index (κ3) is 5.51. The van der Waals surface area contributed by atoms with Crippen LogP contribution in [-0.4, -0.2) is 36.1 Å². The highest BCUT2D eigenvalue weighted by Gasteiger charge is 2.14. The maximum absolute atomic E-state index is 4.88. The average molecular weight is 298 g/mol. The molecule has 0 aliphatic rings. The van der Waals surface area contributed by atoms with Gasteiger partial charge in [0, 0.05) is 24.4 Å². The fourth-order valence-electron chi connectivity index (χ4n) is 2.27. The largest absolute Gasteiger partial charge is 0.312 e. The van der Waals surface area contributed by atoms with Crippen LogP contribution in [0, 0.1) is 0 Å². The Balaban J connectivity index is 2.65. The Morgan fingerprint density at radius 2 is 1.90 bits per heavy atom. The standard InChI is InChI=1S/C16H31N3S/c1-6-10-17-12-14-16(13(4)5)18-15(20-14)9-11-19(7-2)8-3/h13,17H,6-12H2,1-5H3. The molecule has 0 aliphatic heterocycles. The average Bonchev–Trinajstić information content (AvgIpc) is 2.84. The molecule has 0 spiro atoms. The molecule has 1 aromatic rings. The predicted octanol–water partition coefficient (Wildman–Crippen LogP) is 3.65. The Kier molecular flexibility index (Phi) is 8.34.